The number of Topliss-reactive ketones (excluding diaryl/α,β-unsaturated/α-hetero) is 1. The van der Waals surface area contributed by atoms with E-state index in [1.54, 1.807) is 13.0 Å². The van der Waals surface area contributed by atoms with Gasteiger partial charge in [0, 0.05) is 5.57 Å². The number of esters is 1. The van der Waals surface area contributed by atoms with Crippen molar-refractivity contribution in [1.82, 2.24) is 0 Å². The summed E-state index contributed by atoms with van der Waals surface area (Å²) in [6.45, 7) is 5.31. The SMILES string of the molecule is C=CCC1=C(C)C(OC(=O)C=[N+]=[N-])CC1=O. The molecule has 0 spiro atoms. The molecule has 0 radical (unpaired) electrons. The second-order valence-corrected chi connectivity index (χ2v) is 3.45. The predicted octanol–water partition coefficient (Wildman–Crippen LogP) is 1.06. The molecule has 0 saturated carbocycles. The van der Waals surface area contributed by atoms with Crippen LogP contribution in [0.25, 0.3) is 5.53 Å². The van der Waals surface area contributed by atoms with E-state index in [0.717, 1.165) is 5.57 Å². The Kier molecular flexibility index (Phi) is 3.91. The van der Waals surface area contributed by atoms with Crippen LogP contribution >= 0.6 is 0 Å². The van der Waals surface area contributed by atoms with Crippen molar-refractivity contribution in [2.75, 3.05) is 0 Å². The van der Waals surface area contributed by atoms with Gasteiger partial charge in [0.25, 0.3) is 0 Å². The maximum Gasteiger partial charge on any atom is 0.414 e. The number of hydrogen-bond acceptors (Lipinski definition) is 3. The van der Waals surface area contributed by atoms with Gasteiger partial charge in [-0.3, -0.25) is 4.79 Å². The molecule has 5 nitrogen and oxygen atoms in total. The van der Waals surface area contributed by atoms with E-state index in [0.29, 0.717) is 18.2 Å². The molecule has 1 rings (SSSR count). The Bertz CT molecular complexity index is 417. The quantitative estimate of drug-likeness (QED) is 0.233. The highest BCUT2D eigenvalue weighted by Crippen LogP contribution is 2.27. The monoisotopic (exact) mass is 220 g/mol. The lowest BCUT2D eigenvalue weighted by Crippen LogP contribution is -2.18. The molecule has 0 heterocycles. The van der Waals surface area contributed by atoms with E-state index in [-0.39, 0.29) is 12.2 Å². The van der Waals surface area contributed by atoms with Crippen LogP contribution in [-0.4, -0.2) is 28.9 Å². The Morgan fingerprint density at radius 1 is 1.75 bits per heavy atom. The van der Waals surface area contributed by atoms with E-state index < -0.39 is 12.1 Å². The number of allylic oxidation sites excluding steroid dienone is 2. The lowest BCUT2D eigenvalue weighted by Gasteiger charge is -2.09. The Balaban J connectivity index is 2.79. The van der Waals surface area contributed by atoms with E-state index in [4.69, 9.17) is 10.3 Å². The number of ketones is 1. The fourth-order valence-corrected chi connectivity index (χ4v) is 1.63. The van der Waals surface area contributed by atoms with Gasteiger partial charge in [-0.25, -0.2) is 4.79 Å². The molecule has 0 fully saturated rings. The van der Waals surface area contributed by atoms with Crippen molar-refractivity contribution in [3.8, 4) is 0 Å². The van der Waals surface area contributed by atoms with Crippen LogP contribution in [0.2, 0.25) is 0 Å². The zero-order valence-corrected chi connectivity index (χ0v) is 8.97. The lowest BCUT2D eigenvalue weighted by molar-refractivity contribution is -0.142. The van der Waals surface area contributed by atoms with Crippen molar-refractivity contribution >= 4 is 18.0 Å². The molecule has 16 heavy (non-hydrogen) atoms. The summed E-state index contributed by atoms with van der Waals surface area (Å²) in [5.41, 5.74) is 9.53. The summed E-state index contributed by atoms with van der Waals surface area (Å²) in [6.07, 6.45) is 2.37. The van der Waals surface area contributed by atoms with Crippen LogP contribution < -0.4 is 0 Å². The molecule has 1 unspecified atom stereocenters. The van der Waals surface area contributed by atoms with Crippen LogP contribution in [0.3, 0.4) is 0 Å². The molecule has 0 bridgehead atoms. The summed E-state index contributed by atoms with van der Waals surface area (Å²) in [5, 5.41) is 0. The normalized spacial score (nSPS) is 19.3. The average Bonchev–Trinajstić information content (AvgIpc) is 2.47. The standard InChI is InChI=1S/C11H12N2O3/c1-3-4-8-7(2)10(5-9(8)14)16-11(15)6-13-12/h3,6,10H,1,4-5H2,2H3. The summed E-state index contributed by atoms with van der Waals surface area (Å²) in [5.74, 6) is -0.796. The highest BCUT2D eigenvalue weighted by atomic mass is 16.5. The van der Waals surface area contributed by atoms with Crippen molar-refractivity contribution < 1.29 is 19.1 Å². The van der Waals surface area contributed by atoms with Gasteiger partial charge in [0.1, 0.15) is 6.10 Å². The number of carbonyl (C=O) groups excluding carboxylic acids is 2. The number of rotatable bonds is 4. The van der Waals surface area contributed by atoms with Crippen LogP contribution in [0, 0.1) is 0 Å². The summed E-state index contributed by atoms with van der Waals surface area (Å²) in [6, 6.07) is 0. The molecule has 5 heteroatoms. The third kappa shape index (κ3) is 2.52. The molecule has 1 atom stereocenters. The van der Waals surface area contributed by atoms with Crippen molar-refractivity contribution in [1.29, 1.82) is 0 Å². The molecular formula is C11H12N2O3. The van der Waals surface area contributed by atoms with Crippen molar-refractivity contribution in [3.63, 3.8) is 0 Å². The van der Waals surface area contributed by atoms with Crippen molar-refractivity contribution in [2.45, 2.75) is 25.9 Å². The Labute approximate surface area is 93.0 Å². The largest absolute Gasteiger partial charge is 0.449 e. The van der Waals surface area contributed by atoms with Gasteiger partial charge in [-0.05, 0) is 18.9 Å². The molecule has 0 amide bonds. The molecule has 1 aliphatic carbocycles. The maximum atomic E-state index is 11.5. The molecule has 1 aliphatic rings. The molecule has 0 aromatic rings. The summed E-state index contributed by atoms with van der Waals surface area (Å²) in [4.78, 5) is 25.1. The topological polar surface area (TPSA) is 79.8 Å². The van der Waals surface area contributed by atoms with Crippen molar-refractivity contribution in [2.24, 2.45) is 0 Å². The van der Waals surface area contributed by atoms with Crippen LogP contribution in [0.1, 0.15) is 19.8 Å². The Hall–Kier alpha value is -2.00. The van der Waals surface area contributed by atoms with Gasteiger partial charge < -0.3 is 10.3 Å². The van der Waals surface area contributed by atoms with Gasteiger partial charge in [-0.2, -0.15) is 4.79 Å². The van der Waals surface area contributed by atoms with E-state index in [1.807, 2.05) is 0 Å². The molecule has 84 valence electrons. The number of carbonyl (C=O) groups is 2. The molecule has 0 aromatic carbocycles. The Morgan fingerprint density at radius 2 is 2.44 bits per heavy atom. The zero-order valence-electron chi connectivity index (χ0n) is 8.97. The lowest BCUT2D eigenvalue weighted by atomic mass is 10.1. The average molecular weight is 220 g/mol. The third-order valence-electron chi connectivity index (χ3n) is 2.44. The number of hydrogen-bond donors (Lipinski definition) is 0. The first kappa shape index (κ1) is 12.1. The molecule has 0 aliphatic heterocycles. The first-order chi connectivity index (χ1) is 7.60. The summed E-state index contributed by atoms with van der Waals surface area (Å²) in [7, 11) is 0. The minimum atomic E-state index is -0.764. The fourth-order valence-electron chi connectivity index (χ4n) is 1.63. The van der Waals surface area contributed by atoms with Gasteiger partial charge in [0.2, 0.25) is 0 Å². The minimum absolute atomic E-state index is 0.0314. The molecular weight excluding hydrogens is 208 g/mol. The Morgan fingerprint density at radius 3 is 3.00 bits per heavy atom. The van der Waals surface area contributed by atoms with Gasteiger partial charge in [-0.15, -0.1) is 6.58 Å². The smallest absolute Gasteiger partial charge is 0.414 e. The second kappa shape index (κ2) is 5.19. The zero-order chi connectivity index (χ0) is 12.1. The van der Waals surface area contributed by atoms with Gasteiger partial charge in [0.05, 0.1) is 6.42 Å². The second-order valence-electron chi connectivity index (χ2n) is 3.45. The van der Waals surface area contributed by atoms with Gasteiger partial charge in [0.15, 0.2) is 5.78 Å². The van der Waals surface area contributed by atoms with E-state index >= 15 is 0 Å². The minimum Gasteiger partial charge on any atom is -0.449 e. The summed E-state index contributed by atoms with van der Waals surface area (Å²) >= 11 is 0. The first-order valence-electron chi connectivity index (χ1n) is 4.82. The first-order valence-corrected chi connectivity index (χ1v) is 4.82. The highest BCUT2D eigenvalue weighted by Gasteiger charge is 2.31. The van der Waals surface area contributed by atoms with Crippen molar-refractivity contribution in [3.05, 3.63) is 29.3 Å². The highest BCUT2D eigenvalue weighted by molar-refractivity contribution is 6.20. The van der Waals surface area contributed by atoms with E-state index in [9.17, 15) is 9.59 Å². The number of ether oxygens (including phenoxy) is 1. The van der Waals surface area contributed by atoms with Crippen LogP contribution in [0.15, 0.2) is 23.8 Å². The molecule has 0 saturated heterocycles. The third-order valence-corrected chi connectivity index (χ3v) is 2.44. The van der Waals surface area contributed by atoms with Crippen LogP contribution in [0.4, 0.5) is 0 Å². The molecule has 0 N–H and O–H groups in total. The predicted molar refractivity (Wildman–Crippen MR) is 56.7 cm³/mol. The molecule has 0 aromatic heterocycles. The summed E-state index contributed by atoms with van der Waals surface area (Å²) < 4.78 is 4.95. The fraction of sp³-hybridized carbons (Fsp3) is 0.364. The maximum absolute atomic E-state index is 11.5. The van der Waals surface area contributed by atoms with Gasteiger partial charge in [-0.1, -0.05) is 6.08 Å². The van der Waals surface area contributed by atoms with Crippen LogP contribution in [-0.2, 0) is 14.3 Å². The van der Waals surface area contributed by atoms with Crippen LogP contribution in [0.5, 0.6) is 0 Å². The van der Waals surface area contributed by atoms with Gasteiger partial charge >= 0.3 is 12.2 Å². The van der Waals surface area contributed by atoms with E-state index in [1.165, 1.54) is 0 Å². The number of nitrogens with zero attached hydrogens (tertiary/aromatic N) is 2. The van der Waals surface area contributed by atoms with E-state index in [2.05, 4.69) is 11.4 Å².